The third-order valence-corrected chi connectivity index (χ3v) is 4.31. The van der Waals surface area contributed by atoms with Gasteiger partial charge in [-0.15, -0.1) is 0 Å². The molecule has 0 bridgehead atoms. The maximum Gasteiger partial charge on any atom is 0.338 e. The van der Waals surface area contributed by atoms with E-state index in [-0.39, 0.29) is 30.7 Å². The molecule has 30 heavy (non-hydrogen) atoms. The number of benzene rings is 2. The van der Waals surface area contributed by atoms with E-state index in [1.165, 1.54) is 29.8 Å². The molecule has 2 aromatic rings. The fourth-order valence-electron chi connectivity index (χ4n) is 2.84. The minimum absolute atomic E-state index is 0.203. The molecule has 0 aliphatic rings. The van der Waals surface area contributed by atoms with Gasteiger partial charge in [0.15, 0.2) is 13.2 Å². The third kappa shape index (κ3) is 7.58. The minimum atomic E-state index is -0.628. The summed E-state index contributed by atoms with van der Waals surface area (Å²) in [5.74, 6) is -0.621. The number of hydrogen-bond acceptors (Lipinski definition) is 5. The Labute approximate surface area is 176 Å². The number of hydrogen-bond donors (Lipinski definition) is 2. The summed E-state index contributed by atoms with van der Waals surface area (Å²) in [4.78, 5) is 34.9. The van der Waals surface area contributed by atoms with Crippen LogP contribution in [0.5, 0.6) is 5.75 Å². The standard InChI is InChI=1S/C23H28N2O5/c1-15(2)12-17-4-6-18(7-5-17)16(3)25-22(27)14-30-23(28)19-8-10-20(11-9-19)29-13-21(24)26/h4-11,15-16H,12-14H2,1-3H3,(H2,24,26)(H,25,27)/t16-/m0/s1. The van der Waals surface area contributed by atoms with Crippen LogP contribution in [0.2, 0.25) is 0 Å². The molecule has 3 N–H and O–H groups in total. The Hall–Kier alpha value is -3.35. The first-order valence-corrected chi connectivity index (χ1v) is 9.81. The van der Waals surface area contributed by atoms with E-state index >= 15 is 0 Å². The summed E-state index contributed by atoms with van der Waals surface area (Å²) in [6, 6.07) is 13.9. The van der Waals surface area contributed by atoms with Gasteiger partial charge in [-0.05, 0) is 54.7 Å². The van der Waals surface area contributed by atoms with Gasteiger partial charge in [-0.25, -0.2) is 4.79 Å². The van der Waals surface area contributed by atoms with Crippen LogP contribution in [0, 0.1) is 5.92 Å². The topological polar surface area (TPSA) is 108 Å². The van der Waals surface area contributed by atoms with Gasteiger partial charge in [0.05, 0.1) is 11.6 Å². The van der Waals surface area contributed by atoms with Crippen LogP contribution in [0.3, 0.4) is 0 Å². The Morgan fingerprint density at radius 1 is 0.933 bits per heavy atom. The molecule has 0 unspecified atom stereocenters. The molecule has 0 heterocycles. The second-order valence-electron chi connectivity index (χ2n) is 7.48. The molecule has 0 radical (unpaired) electrons. The molecule has 160 valence electrons. The Balaban J connectivity index is 1.80. The molecule has 0 saturated carbocycles. The highest BCUT2D eigenvalue weighted by molar-refractivity contribution is 5.91. The van der Waals surface area contributed by atoms with Crippen molar-refractivity contribution in [3.63, 3.8) is 0 Å². The van der Waals surface area contributed by atoms with Gasteiger partial charge >= 0.3 is 5.97 Å². The lowest BCUT2D eigenvalue weighted by Crippen LogP contribution is -2.31. The Morgan fingerprint density at radius 2 is 1.57 bits per heavy atom. The van der Waals surface area contributed by atoms with Crippen molar-refractivity contribution in [2.24, 2.45) is 11.7 Å². The van der Waals surface area contributed by atoms with Gasteiger partial charge < -0.3 is 20.5 Å². The summed E-state index contributed by atoms with van der Waals surface area (Å²) in [6.07, 6.45) is 1.01. The quantitative estimate of drug-likeness (QED) is 0.584. The van der Waals surface area contributed by atoms with E-state index in [0.717, 1.165) is 12.0 Å². The molecular formula is C23H28N2O5. The molecule has 7 nitrogen and oxygen atoms in total. The Morgan fingerprint density at radius 3 is 2.13 bits per heavy atom. The van der Waals surface area contributed by atoms with Crippen LogP contribution >= 0.6 is 0 Å². The number of nitrogens with one attached hydrogen (secondary N) is 1. The number of esters is 1. The van der Waals surface area contributed by atoms with Crippen molar-refractivity contribution in [1.82, 2.24) is 5.32 Å². The van der Waals surface area contributed by atoms with Crippen molar-refractivity contribution in [1.29, 1.82) is 0 Å². The van der Waals surface area contributed by atoms with Crippen LogP contribution in [0.1, 0.15) is 48.3 Å². The molecule has 0 aliphatic carbocycles. The first kappa shape index (κ1) is 22.9. The van der Waals surface area contributed by atoms with Crippen LogP contribution < -0.4 is 15.8 Å². The first-order chi connectivity index (χ1) is 14.2. The number of amides is 2. The van der Waals surface area contributed by atoms with Crippen molar-refractivity contribution in [2.45, 2.75) is 33.2 Å². The van der Waals surface area contributed by atoms with E-state index in [2.05, 4.69) is 31.3 Å². The van der Waals surface area contributed by atoms with Gasteiger partial charge in [0, 0.05) is 0 Å². The lowest BCUT2D eigenvalue weighted by atomic mass is 10.00. The maximum atomic E-state index is 12.1. The number of carbonyl (C=O) groups excluding carboxylic acids is 3. The highest BCUT2D eigenvalue weighted by Crippen LogP contribution is 2.16. The van der Waals surface area contributed by atoms with Gasteiger partial charge in [-0.2, -0.15) is 0 Å². The number of primary amides is 1. The monoisotopic (exact) mass is 412 g/mol. The summed E-state index contributed by atoms with van der Waals surface area (Å²) in [5.41, 5.74) is 7.51. The van der Waals surface area contributed by atoms with Crippen molar-refractivity contribution in [3.05, 3.63) is 65.2 Å². The molecule has 0 fully saturated rings. The lowest BCUT2D eigenvalue weighted by molar-refractivity contribution is -0.125. The van der Waals surface area contributed by atoms with Gasteiger partial charge in [0.25, 0.3) is 11.8 Å². The van der Waals surface area contributed by atoms with Crippen molar-refractivity contribution in [2.75, 3.05) is 13.2 Å². The zero-order chi connectivity index (χ0) is 22.1. The molecule has 0 aromatic heterocycles. The molecule has 0 aliphatic heterocycles. The largest absolute Gasteiger partial charge is 0.484 e. The van der Waals surface area contributed by atoms with Gasteiger partial charge in [0.2, 0.25) is 0 Å². The molecule has 1 atom stereocenters. The van der Waals surface area contributed by atoms with Crippen LogP contribution in [-0.2, 0) is 20.7 Å². The zero-order valence-electron chi connectivity index (χ0n) is 17.5. The van der Waals surface area contributed by atoms with Crippen molar-refractivity contribution < 1.29 is 23.9 Å². The van der Waals surface area contributed by atoms with E-state index in [1.54, 1.807) is 0 Å². The second kappa shape index (κ2) is 11.0. The highest BCUT2D eigenvalue weighted by atomic mass is 16.5. The predicted octanol–water partition coefficient (Wildman–Crippen LogP) is 2.78. The summed E-state index contributed by atoms with van der Waals surface area (Å²) < 4.78 is 10.2. The zero-order valence-corrected chi connectivity index (χ0v) is 17.5. The van der Waals surface area contributed by atoms with Crippen molar-refractivity contribution in [3.8, 4) is 5.75 Å². The summed E-state index contributed by atoms with van der Waals surface area (Å²) >= 11 is 0. The first-order valence-electron chi connectivity index (χ1n) is 9.81. The van der Waals surface area contributed by atoms with Crippen molar-refractivity contribution >= 4 is 17.8 Å². The average Bonchev–Trinajstić information content (AvgIpc) is 2.71. The fraction of sp³-hybridized carbons (Fsp3) is 0.348. The Bertz CT molecular complexity index is 860. The molecule has 2 amide bonds. The van der Waals surface area contributed by atoms with E-state index in [0.29, 0.717) is 11.7 Å². The van der Waals surface area contributed by atoms with Crippen LogP contribution in [0.25, 0.3) is 0 Å². The molecule has 0 spiro atoms. The second-order valence-corrected chi connectivity index (χ2v) is 7.48. The predicted molar refractivity (Wildman–Crippen MR) is 113 cm³/mol. The summed E-state index contributed by atoms with van der Waals surface area (Å²) in [7, 11) is 0. The van der Waals surface area contributed by atoms with Crippen LogP contribution in [-0.4, -0.2) is 31.0 Å². The molecule has 2 rings (SSSR count). The third-order valence-electron chi connectivity index (χ3n) is 4.31. The van der Waals surface area contributed by atoms with E-state index < -0.39 is 11.9 Å². The van der Waals surface area contributed by atoms with Gasteiger partial charge in [-0.3, -0.25) is 9.59 Å². The smallest absolute Gasteiger partial charge is 0.338 e. The Kier molecular flexibility index (Phi) is 8.41. The fourth-order valence-corrected chi connectivity index (χ4v) is 2.84. The molecular weight excluding hydrogens is 384 g/mol. The molecule has 2 aromatic carbocycles. The lowest BCUT2D eigenvalue weighted by Gasteiger charge is -2.15. The summed E-state index contributed by atoms with van der Waals surface area (Å²) in [5, 5.41) is 2.82. The molecule has 7 heteroatoms. The number of nitrogens with two attached hydrogens (primary N) is 1. The van der Waals surface area contributed by atoms with E-state index in [9.17, 15) is 14.4 Å². The maximum absolute atomic E-state index is 12.1. The van der Waals surface area contributed by atoms with Gasteiger partial charge in [0.1, 0.15) is 5.75 Å². The number of ether oxygens (including phenoxy) is 2. The van der Waals surface area contributed by atoms with E-state index in [4.69, 9.17) is 15.2 Å². The van der Waals surface area contributed by atoms with E-state index in [1.807, 2.05) is 19.1 Å². The number of rotatable bonds is 10. The van der Waals surface area contributed by atoms with Crippen LogP contribution in [0.15, 0.2) is 48.5 Å². The number of carbonyl (C=O) groups is 3. The van der Waals surface area contributed by atoms with Crippen LogP contribution in [0.4, 0.5) is 0 Å². The summed E-state index contributed by atoms with van der Waals surface area (Å²) in [6.45, 7) is 5.59. The minimum Gasteiger partial charge on any atom is -0.484 e. The van der Waals surface area contributed by atoms with Gasteiger partial charge in [-0.1, -0.05) is 38.1 Å². The average molecular weight is 412 g/mol. The SMILES string of the molecule is CC(C)Cc1ccc([C@H](C)NC(=O)COC(=O)c2ccc(OCC(N)=O)cc2)cc1. The normalized spacial score (nSPS) is 11.6. The highest BCUT2D eigenvalue weighted by Gasteiger charge is 2.13. The molecule has 0 saturated heterocycles.